The largest absolute Gasteiger partial charge is 0.454 e. The van der Waals surface area contributed by atoms with Crippen molar-refractivity contribution in [2.45, 2.75) is 26.4 Å². The van der Waals surface area contributed by atoms with E-state index in [-0.39, 0.29) is 5.56 Å². The summed E-state index contributed by atoms with van der Waals surface area (Å²) in [6.45, 7) is 3.53. The monoisotopic (exact) mass is 343 g/mol. The van der Waals surface area contributed by atoms with Gasteiger partial charge in [0.1, 0.15) is 30.1 Å². The summed E-state index contributed by atoms with van der Waals surface area (Å²) in [5.41, 5.74) is 1.74. The zero-order chi connectivity index (χ0) is 18.0. The van der Waals surface area contributed by atoms with Gasteiger partial charge in [0.05, 0.1) is 16.9 Å². The Labute approximate surface area is 144 Å². The summed E-state index contributed by atoms with van der Waals surface area (Å²) in [7, 11) is 1.74. The van der Waals surface area contributed by atoms with Crippen molar-refractivity contribution in [3.8, 4) is 5.69 Å². The Morgan fingerprint density at radius 3 is 2.88 bits per heavy atom. The molecule has 7 nitrogen and oxygen atoms in total. The van der Waals surface area contributed by atoms with E-state index in [1.54, 1.807) is 37.0 Å². The maximum atomic E-state index is 14.4. The topological polar surface area (TPSA) is 74.8 Å². The van der Waals surface area contributed by atoms with Gasteiger partial charge >= 0.3 is 5.97 Å². The summed E-state index contributed by atoms with van der Waals surface area (Å²) in [4.78, 5) is 16.4. The summed E-state index contributed by atoms with van der Waals surface area (Å²) >= 11 is 0. The number of ether oxygens (including phenoxy) is 1. The van der Waals surface area contributed by atoms with Gasteiger partial charge < -0.3 is 4.74 Å². The minimum atomic E-state index is -0.808. The Kier molecular flexibility index (Phi) is 4.60. The highest BCUT2D eigenvalue weighted by Gasteiger charge is 2.23. The number of carbonyl (C=O) groups is 1. The van der Waals surface area contributed by atoms with Gasteiger partial charge in [-0.3, -0.25) is 4.68 Å². The standard InChI is InChI=1S/C17H18FN5O2/c1-4-14-12(8-22(3)21-14)17(24)25-11(2)16-13(18)6-5-7-15(16)23-10-19-9-20-23/h5-11H,4H2,1-3H3/t11-/m0/s1. The predicted octanol–water partition coefficient (Wildman–Crippen LogP) is 2.62. The first kappa shape index (κ1) is 16.8. The molecule has 0 saturated carbocycles. The molecule has 130 valence electrons. The molecule has 2 aromatic heterocycles. The zero-order valence-electron chi connectivity index (χ0n) is 14.2. The summed E-state index contributed by atoms with van der Waals surface area (Å²) in [5, 5.41) is 8.25. The highest BCUT2D eigenvalue weighted by molar-refractivity contribution is 5.90. The molecular formula is C17H18FN5O2. The smallest absolute Gasteiger partial charge is 0.342 e. The number of aryl methyl sites for hydroxylation is 2. The van der Waals surface area contributed by atoms with Gasteiger partial charge in [-0.15, -0.1) is 0 Å². The van der Waals surface area contributed by atoms with E-state index < -0.39 is 17.9 Å². The molecule has 1 aromatic carbocycles. The van der Waals surface area contributed by atoms with Gasteiger partial charge in [-0.1, -0.05) is 13.0 Å². The van der Waals surface area contributed by atoms with Gasteiger partial charge in [0, 0.05) is 13.2 Å². The third kappa shape index (κ3) is 3.28. The second-order valence-corrected chi connectivity index (χ2v) is 5.58. The van der Waals surface area contributed by atoms with E-state index >= 15 is 0 Å². The lowest BCUT2D eigenvalue weighted by Gasteiger charge is -2.17. The number of hydrogen-bond acceptors (Lipinski definition) is 5. The summed E-state index contributed by atoms with van der Waals surface area (Å²) in [6.07, 6.45) is 4.22. The molecular weight excluding hydrogens is 325 g/mol. The second-order valence-electron chi connectivity index (χ2n) is 5.58. The van der Waals surface area contributed by atoms with E-state index in [9.17, 15) is 9.18 Å². The molecule has 0 unspecified atom stereocenters. The minimum Gasteiger partial charge on any atom is -0.454 e. The van der Waals surface area contributed by atoms with E-state index in [4.69, 9.17) is 4.74 Å². The highest BCUT2D eigenvalue weighted by atomic mass is 19.1. The zero-order valence-corrected chi connectivity index (χ0v) is 14.2. The molecule has 1 atom stereocenters. The molecule has 2 heterocycles. The van der Waals surface area contributed by atoms with Crippen LogP contribution in [0.1, 0.15) is 41.6 Å². The quantitative estimate of drug-likeness (QED) is 0.666. The normalized spacial score (nSPS) is 12.2. The SMILES string of the molecule is CCc1nn(C)cc1C(=O)O[C@@H](C)c1c(F)cccc1-n1cncn1. The van der Waals surface area contributed by atoms with Crippen LogP contribution in [0.15, 0.2) is 37.1 Å². The van der Waals surface area contributed by atoms with Gasteiger partial charge in [-0.05, 0) is 25.5 Å². The van der Waals surface area contributed by atoms with Crippen molar-refractivity contribution in [2.75, 3.05) is 0 Å². The van der Waals surface area contributed by atoms with E-state index in [1.807, 2.05) is 6.92 Å². The molecule has 0 N–H and O–H groups in total. The van der Waals surface area contributed by atoms with E-state index in [0.29, 0.717) is 23.4 Å². The maximum Gasteiger partial charge on any atom is 0.342 e. The third-order valence-electron chi connectivity index (χ3n) is 3.85. The fraction of sp³-hybridized carbons (Fsp3) is 0.294. The van der Waals surface area contributed by atoms with Crippen molar-refractivity contribution in [2.24, 2.45) is 7.05 Å². The average Bonchev–Trinajstić information content (AvgIpc) is 3.23. The number of halogens is 1. The van der Waals surface area contributed by atoms with Gasteiger partial charge in [0.15, 0.2) is 0 Å². The Bertz CT molecular complexity index is 889. The second kappa shape index (κ2) is 6.84. The van der Waals surface area contributed by atoms with Crippen LogP contribution < -0.4 is 0 Å². The van der Waals surface area contributed by atoms with E-state index in [2.05, 4.69) is 15.2 Å². The molecule has 0 aliphatic carbocycles. The van der Waals surface area contributed by atoms with Crippen molar-refractivity contribution in [3.05, 3.63) is 59.7 Å². The van der Waals surface area contributed by atoms with Gasteiger partial charge in [0.2, 0.25) is 0 Å². The van der Waals surface area contributed by atoms with Crippen LogP contribution in [-0.4, -0.2) is 30.5 Å². The Balaban J connectivity index is 1.91. The molecule has 8 heteroatoms. The Hall–Kier alpha value is -3.03. The summed E-state index contributed by atoms with van der Waals surface area (Å²) in [5.74, 6) is -1.01. The number of hydrogen-bond donors (Lipinski definition) is 0. The Morgan fingerprint density at radius 1 is 1.40 bits per heavy atom. The predicted molar refractivity (Wildman–Crippen MR) is 87.7 cm³/mol. The van der Waals surface area contributed by atoms with Crippen molar-refractivity contribution < 1.29 is 13.9 Å². The highest BCUT2D eigenvalue weighted by Crippen LogP contribution is 2.28. The lowest BCUT2D eigenvalue weighted by Crippen LogP contribution is -2.14. The van der Waals surface area contributed by atoms with Crippen LogP contribution >= 0.6 is 0 Å². The molecule has 0 radical (unpaired) electrons. The number of esters is 1. The van der Waals surface area contributed by atoms with Crippen molar-refractivity contribution in [1.29, 1.82) is 0 Å². The molecule has 0 saturated heterocycles. The molecule has 25 heavy (non-hydrogen) atoms. The lowest BCUT2D eigenvalue weighted by atomic mass is 10.1. The molecule has 0 aliphatic heterocycles. The van der Waals surface area contributed by atoms with Crippen LogP contribution in [0.5, 0.6) is 0 Å². The van der Waals surface area contributed by atoms with Gasteiger partial charge in [-0.2, -0.15) is 10.2 Å². The summed E-state index contributed by atoms with van der Waals surface area (Å²) in [6, 6.07) is 4.58. The Morgan fingerprint density at radius 2 is 2.20 bits per heavy atom. The number of rotatable bonds is 5. The minimum absolute atomic E-state index is 0.239. The number of benzene rings is 1. The van der Waals surface area contributed by atoms with Crippen LogP contribution in [0.2, 0.25) is 0 Å². The molecule has 0 spiro atoms. The number of aromatic nitrogens is 5. The van der Waals surface area contributed by atoms with Crippen LogP contribution in [-0.2, 0) is 18.2 Å². The number of nitrogens with zero attached hydrogens (tertiary/aromatic N) is 5. The van der Waals surface area contributed by atoms with Crippen molar-refractivity contribution in [3.63, 3.8) is 0 Å². The fourth-order valence-corrected chi connectivity index (χ4v) is 2.71. The molecule has 0 bridgehead atoms. The van der Waals surface area contributed by atoms with Crippen molar-refractivity contribution in [1.82, 2.24) is 24.5 Å². The lowest BCUT2D eigenvalue weighted by molar-refractivity contribution is 0.0330. The molecule has 0 fully saturated rings. The first-order valence-electron chi connectivity index (χ1n) is 7.88. The number of carbonyl (C=O) groups excluding carboxylic acids is 1. The first-order chi connectivity index (χ1) is 12.0. The molecule has 0 aliphatic rings. The van der Waals surface area contributed by atoms with E-state index in [0.717, 1.165) is 0 Å². The van der Waals surface area contributed by atoms with Crippen LogP contribution in [0.4, 0.5) is 4.39 Å². The molecule has 3 aromatic rings. The van der Waals surface area contributed by atoms with Crippen molar-refractivity contribution >= 4 is 5.97 Å². The third-order valence-corrected chi connectivity index (χ3v) is 3.85. The fourth-order valence-electron chi connectivity index (χ4n) is 2.71. The summed E-state index contributed by atoms with van der Waals surface area (Å²) < 4.78 is 22.9. The van der Waals surface area contributed by atoms with Crippen LogP contribution in [0, 0.1) is 5.82 Å². The van der Waals surface area contributed by atoms with Gasteiger partial charge in [0.25, 0.3) is 0 Å². The molecule has 0 amide bonds. The van der Waals surface area contributed by atoms with Crippen LogP contribution in [0.3, 0.4) is 0 Å². The first-order valence-corrected chi connectivity index (χ1v) is 7.88. The van der Waals surface area contributed by atoms with Crippen LogP contribution in [0.25, 0.3) is 5.69 Å². The average molecular weight is 343 g/mol. The van der Waals surface area contributed by atoms with Gasteiger partial charge in [-0.25, -0.2) is 18.9 Å². The maximum absolute atomic E-state index is 14.4. The molecule has 3 rings (SSSR count). The van der Waals surface area contributed by atoms with E-state index in [1.165, 1.54) is 23.4 Å².